The Bertz CT molecular complexity index is 1620. The smallest absolute Gasteiger partial charge is 0.409 e. The molecule has 4 heterocycles. The number of nitrogens with one attached hydrogen (secondary N) is 1. The first-order valence-electron chi connectivity index (χ1n) is 13.5. The lowest BCUT2D eigenvalue weighted by Gasteiger charge is -2.29. The Morgan fingerprint density at radius 3 is 2.80 bits per heavy atom. The maximum absolute atomic E-state index is 14.1. The van der Waals surface area contributed by atoms with Crippen LogP contribution < -0.4 is 10.1 Å². The van der Waals surface area contributed by atoms with Gasteiger partial charge in [-0.2, -0.15) is 0 Å². The van der Waals surface area contributed by atoms with Crippen molar-refractivity contribution in [3.05, 3.63) is 88.6 Å². The number of ether oxygens (including phenoxy) is 2. The minimum Gasteiger partial charge on any atom is -0.473 e. The molecule has 0 aliphatic carbocycles. The number of carboxylic acid groups (broad SMARTS) is 1. The summed E-state index contributed by atoms with van der Waals surface area (Å²) in [5.41, 5.74) is 4.58. The SMILES string of the molecule is O=C(O)Nc1ccc2c(c1)nc(CN1CC=C(c3cccc(OCc4ccc(Cl)cc4F)n3)CC1)n2C[C@@H]1CCO1. The van der Waals surface area contributed by atoms with Gasteiger partial charge in [0.05, 0.1) is 35.9 Å². The van der Waals surface area contributed by atoms with E-state index in [2.05, 4.69) is 25.8 Å². The molecule has 0 saturated carbocycles. The Morgan fingerprint density at radius 1 is 1.20 bits per heavy atom. The Balaban J connectivity index is 1.14. The van der Waals surface area contributed by atoms with Crippen LogP contribution in [0.2, 0.25) is 5.02 Å². The molecule has 9 nitrogen and oxygen atoms in total. The third-order valence-corrected chi connectivity index (χ3v) is 7.59. The molecule has 1 saturated heterocycles. The van der Waals surface area contributed by atoms with Crippen LogP contribution in [0.25, 0.3) is 16.6 Å². The maximum Gasteiger partial charge on any atom is 0.409 e. The summed E-state index contributed by atoms with van der Waals surface area (Å²) < 4.78 is 27.8. The van der Waals surface area contributed by atoms with Gasteiger partial charge in [-0.1, -0.05) is 29.8 Å². The standard InChI is InChI=1S/C30H29ClFN5O4/c31-21-5-4-20(24(32)14-21)18-41-29-3-1-2-25(35-29)19-8-11-36(12-9-19)17-28-34-26-15-22(33-30(38)39)6-7-27(26)37(28)16-23-10-13-40-23/h1-8,14-15,23,33H,9-13,16-18H2,(H,38,39)/t23-/m0/s1. The van der Waals surface area contributed by atoms with E-state index in [1.54, 1.807) is 30.3 Å². The fraction of sp³-hybridized carbons (Fsp3) is 0.300. The fourth-order valence-corrected chi connectivity index (χ4v) is 5.25. The van der Waals surface area contributed by atoms with Crippen molar-refractivity contribution in [1.82, 2.24) is 19.4 Å². The summed E-state index contributed by atoms with van der Waals surface area (Å²) in [6.45, 7) is 3.75. The number of rotatable bonds is 9. The van der Waals surface area contributed by atoms with Gasteiger partial charge in [0.15, 0.2) is 0 Å². The Hall–Kier alpha value is -3.99. The molecule has 4 aromatic rings. The predicted molar refractivity (Wildman–Crippen MR) is 154 cm³/mol. The van der Waals surface area contributed by atoms with Gasteiger partial charge in [0.2, 0.25) is 5.88 Å². The highest BCUT2D eigenvalue weighted by Gasteiger charge is 2.24. The number of aromatic nitrogens is 3. The first kappa shape index (κ1) is 27.2. The predicted octanol–water partition coefficient (Wildman–Crippen LogP) is 5.97. The highest BCUT2D eigenvalue weighted by molar-refractivity contribution is 6.30. The molecule has 1 amide bonds. The molecule has 0 bridgehead atoms. The van der Waals surface area contributed by atoms with Crippen molar-refractivity contribution in [2.24, 2.45) is 0 Å². The van der Waals surface area contributed by atoms with Crippen molar-refractivity contribution < 1.29 is 23.8 Å². The van der Waals surface area contributed by atoms with Crippen LogP contribution in [-0.2, 0) is 24.4 Å². The van der Waals surface area contributed by atoms with Crippen LogP contribution in [0.5, 0.6) is 5.88 Å². The summed E-state index contributed by atoms with van der Waals surface area (Å²) in [7, 11) is 0. The second kappa shape index (κ2) is 11.9. The fourth-order valence-electron chi connectivity index (χ4n) is 5.09. The number of imidazole rings is 1. The van der Waals surface area contributed by atoms with Gasteiger partial charge in [-0.05, 0) is 54.8 Å². The minimum absolute atomic E-state index is 0.0625. The van der Waals surface area contributed by atoms with Crippen molar-refractivity contribution in [2.45, 2.75) is 38.6 Å². The zero-order chi connectivity index (χ0) is 28.3. The van der Waals surface area contributed by atoms with Crippen LogP contribution in [0, 0.1) is 5.82 Å². The number of hydrogen-bond acceptors (Lipinski definition) is 6. The lowest BCUT2D eigenvalue weighted by atomic mass is 10.0. The summed E-state index contributed by atoms with van der Waals surface area (Å²) in [4.78, 5) is 23.0. The van der Waals surface area contributed by atoms with Crippen molar-refractivity contribution in [3.8, 4) is 5.88 Å². The highest BCUT2D eigenvalue weighted by Crippen LogP contribution is 2.27. The first-order valence-corrected chi connectivity index (χ1v) is 13.9. The first-order chi connectivity index (χ1) is 19.9. The molecule has 2 aliphatic heterocycles. The summed E-state index contributed by atoms with van der Waals surface area (Å²) in [6.07, 6.45) is 3.04. The number of pyridine rings is 1. The molecular formula is C30H29ClFN5O4. The monoisotopic (exact) mass is 577 g/mol. The Morgan fingerprint density at radius 2 is 2.07 bits per heavy atom. The normalized spacial score (nSPS) is 17.2. The van der Waals surface area contributed by atoms with Crippen molar-refractivity contribution in [2.75, 3.05) is 25.0 Å². The van der Waals surface area contributed by atoms with Crippen LogP contribution in [0.1, 0.15) is 29.9 Å². The van der Waals surface area contributed by atoms with E-state index in [0.717, 1.165) is 60.7 Å². The second-order valence-electron chi connectivity index (χ2n) is 10.2. The molecule has 0 radical (unpaired) electrons. The summed E-state index contributed by atoms with van der Waals surface area (Å²) >= 11 is 5.84. The molecule has 0 unspecified atom stereocenters. The molecule has 2 aliphatic rings. The zero-order valence-electron chi connectivity index (χ0n) is 22.2. The Labute approximate surface area is 241 Å². The number of amides is 1. The number of benzene rings is 2. The van der Waals surface area contributed by atoms with Crippen molar-refractivity contribution >= 4 is 40.0 Å². The zero-order valence-corrected chi connectivity index (χ0v) is 23.0. The van der Waals surface area contributed by atoms with Crippen LogP contribution in [0.3, 0.4) is 0 Å². The summed E-state index contributed by atoms with van der Waals surface area (Å²) in [6, 6.07) is 15.6. The average molecular weight is 578 g/mol. The molecule has 212 valence electrons. The minimum atomic E-state index is -1.11. The lowest BCUT2D eigenvalue weighted by Crippen LogP contribution is -2.33. The van der Waals surface area contributed by atoms with E-state index in [9.17, 15) is 9.18 Å². The molecule has 41 heavy (non-hydrogen) atoms. The van der Waals surface area contributed by atoms with E-state index < -0.39 is 11.9 Å². The third-order valence-electron chi connectivity index (χ3n) is 7.36. The molecular weight excluding hydrogens is 549 g/mol. The number of anilines is 1. The molecule has 2 N–H and O–H groups in total. The number of fused-ring (bicyclic) bond motifs is 1. The van der Waals surface area contributed by atoms with E-state index >= 15 is 0 Å². The van der Waals surface area contributed by atoms with Gasteiger partial charge in [0, 0.05) is 42.0 Å². The van der Waals surface area contributed by atoms with Crippen molar-refractivity contribution in [3.63, 3.8) is 0 Å². The van der Waals surface area contributed by atoms with Crippen LogP contribution in [-0.4, -0.2) is 56.4 Å². The third kappa shape index (κ3) is 6.35. The number of carbonyl (C=O) groups is 1. The lowest BCUT2D eigenvalue weighted by molar-refractivity contribution is -0.0591. The summed E-state index contributed by atoms with van der Waals surface area (Å²) in [5.74, 6) is 0.946. The van der Waals surface area contributed by atoms with Gasteiger partial charge >= 0.3 is 6.09 Å². The van der Waals surface area contributed by atoms with Crippen LogP contribution in [0.4, 0.5) is 14.9 Å². The largest absolute Gasteiger partial charge is 0.473 e. The molecule has 1 atom stereocenters. The Kier molecular flexibility index (Phi) is 7.86. The van der Waals surface area contributed by atoms with Crippen LogP contribution >= 0.6 is 11.6 Å². The van der Waals surface area contributed by atoms with E-state index in [0.29, 0.717) is 35.2 Å². The van der Waals surface area contributed by atoms with E-state index in [1.807, 2.05) is 18.2 Å². The van der Waals surface area contributed by atoms with Crippen LogP contribution in [0.15, 0.2) is 60.7 Å². The van der Waals surface area contributed by atoms with Gasteiger partial charge in [-0.3, -0.25) is 10.2 Å². The molecule has 2 aromatic heterocycles. The second-order valence-corrected chi connectivity index (χ2v) is 10.6. The molecule has 11 heteroatoms. The maximum atomic E-state index is 14.1. The van der Waals surface area contributed by atoms with Crippen molar-refractivity contribution in [1.29, 1.82) is 0 Å². The number of halogens is 2. The van der Waals surface area contributed by atoms with Gasteiger partial charge in [-0.25, -0.2) is 19.2 Å². The van der Waals surface area contributed by atoms with Gasteiger partial charge in [0.25, 0.3) is 0 Å². The summed E-state index contributed by atoms with van der Waals surface area (Å²) in [5, 5.41) is 11.8. The number of hydrogen-bond donors (Lipinski definition) is 2. The molecule has 6 rings (SSSR count). The molecule has 1 fully saturated rings. The van der Waals surface area contributed by atoms with Gasteiger partial charge in [-0.15, -0.1) is 0 Å². The van der Waals surface area contributed by atoms with Gasteiger partial charge < -0.3 is 19.1 Å². The highest BCUT2D eigenvalue weighted by atomic mass is 35.5. The van der Waals surface area contributed by atoms with Gasteiger partial charge in [0.1, 0.15) is 18.2 Å². The average Bonchev–Trinajstić information content (AvgIpc) is 3.26. The quantitative estimate of drug-likeness (QED) is 0.253. The molecule has 0 spiro atoms. The number of nitrogens with zero attached hydrogens (tertiary/aromatic N) is 4. The topological polar surface area (TPSA) is 102 Å². The van der Waals surface area contributed by atoms with E-state index in [4.69, 9.17) is 31.2 Å². The van der Waals surface area contributed by atoms with E-state index in [1.165, 1.54) is 6.07 Å². The van der Waals surface area contributed by atoms with E-state index in [-0.39, 0.29) is 12.7 Å². The molecule has 2 aromatic carbocycles.